The van der Waals surface area contributed by atoms with Crippen molar-refractivity contribution in [3.05, 3.63) is 102 Å². The first kappa shape index (κ1) is 30.5. The van der Waals surface area contributed by atoms with Gasteiger partial charge < -0.3 is 24.2 Å². The second kappa shape index (κ2) is 14.0. The Hall–Kier alpha value is -4.99. The molecule has 0 spiro atoms. The molecule has 0 radical (unpaired) electrons. The molecular weight excluding hydrogens is 561 g/mol. The molecule has 2 amide bonds. The lowest BCUT2D eigenvalue weighted by molar-refractivity contribution is -0.132. The van der Waals surface area contributed by atoms with Crippen LogP contribution >= 0.6 is 0 Å². The number of halogens is 1. The van der Waals surface area contributed by atoms with Crippen LogP contribution in [-0.4, -0.2) is 78.8 Å². The molecule has 1 aromatic heterocycles. The summed E-state index contributed by atoms with van der Waals surface area (Å²) >= 11 is 0. The standard InChI is InChI=1S/C34H36FN5O4/c1-24(25-10-5-4-6-11-25)40(34(42)27-12-7-8-13-29(27)35)23-33(41)39-19-9-18-38(20-21-39)32-17-16-30(36-37-32)28-15-14-26(43-2)22-31(28)44-3/h4-8,10-17,22,24H,9,18-21,23H2,1-3H3/t24-/m1/s1. The average Bonchev–Trinajstić information content (AvgIpc) is 3.33. The van der Waals surface area contributed by atoms with Crippen molar-refractivity contribution in [1.29, 1.82) is 0 Å². The Morgan fingerprint density at radius 2 is 1.66 bits per heavy atom. The minimum absolute atomic E-state index is 0.0561. The Morgan fingerprint density at radius 1 is 0.886 bits per heavy atom. The number of hydrogen-bond donors (Lipinski definition) is 0. The van der Waals surface area contributed by atoms with Gasteiger partial charge in [-0.1, -0.05) is 42.5 Å². The molecule has 0 aliphatic carbocycles. The van der Waals surface area contributed by atoms with Gasteiger partial charge in [-0.3, -0.25) is 9.59 Å². The van der Waals surface area contributed by atoms with E-state index in [0.717, 1.165) is 17.5 Å². The van der Waals surface area contributed by atoms with E-state index in [4.69, 9.17) is 9.47 Å². The van der Waals surface area contributed by atoms with Gasteiger partial charge in [0.1, 0.15) is 23.9 Å². The van der Waals surface area contributed by atoms with Crippen LogP contribution in [0, 0.1) is 5.82 Å². The molecule has 4 aromatic rings. The Balaban J connectivity index is 1.28. The molecule has 1 fully saturated rings. The fourth-order valence-electron chi connectivity index (χ4n) is 5.37. The molecule has 0 saturated carbocycles. The lowest BCUT2D eigenvalue weighted by Gasteiger charge is -2.32. The zero-order valence-electron chi connectivity index (χ0n) is 25.1. The molecule has 228 valence electrons. The highest BCUT2D eigenvalue weighted by Crippen LogP contribution is 2.32. The van der Waals surface area contributed by atoms with Gasteiger partial charge in [-0.15, -0.1) is 10.2 Å². The van der Waals surface area contributed by atoms with Gasteiger partial charge in [-0.2, -0.15) is 0 Å². The van der Waals surface area contributed by atoms with Crippen LogP contribution < -0.4 is 14.4 Å². The molecule has 0 bridgehead atoms. The van der Waals surface area contributed by atoms with E-state index in [1.165, 1.54) is 17.0 Å². The van der Waals surface area contributed by atoms with Crippen molar-refractivity contribution < 1.29 is 23.5 Å². The van der Waals surface area contributed by atoms with Gasteiger partial charge in [0, 0.05) is 37.8 Å². The van der Waals surface area contributed by atoms with Gasteiger partial charge in [-0.25, -0.2) is 4.39 Å². The van der Waals surface area contributed by atoms with Crippen molar-refractivity contribution in [1.82, 2.24) is 20.0 Å². The molecule has 1 saturated heterocycles. The maximum absolute atomic E-state index is 14.6. The van der Waals surface area contributed by atoms with Crippen molar-refractivity contribution in [3.63, 3.8) is 0 Å². The van der Waals surface area contributed by atoms with Crippen molar-refractivity contribution in [2.75, 3.05) is 51.8 Å². The predicted molar refractivity (Wildman–Crippen MR) is 166 cm³/mol. The molecule has 2 heterocycles. The molecule has 10 heteroatoms. The molecule has 0 unspecified atom stereocenters. The first-order valence-corrected chi connectivity index (χ1v) is 14.6. The number of anilines is 1. The summed E-state index contributed by atoms with van der Waals surface area (Å²) in [5.41, 5.74) is 2.28. The van der Waals surface area contributed by atoms with Gasteiger partial charge >= 0.3 is 0 Å². The zero-order valence-corrected chi connectivity index (χ0v) is 25.1. The van der Waals surface area contributed by atoms with Crippen LogP contribution in [0.3, 0.4) is 0 Å². The monoisotopic (exact) mass is 597 g/mol. The number of carbonyl (C=O) groups excluding carboxylic acids is 2. The number of amides is 2. The summed E-state index contributed by atoms with van der Waals surface area (Å²) in [4.78, 5) is 32.5. The van der Waals surface area contributed by atoms with Crippen LogP contribution in [0.25, 0.3) is 11.3 Å². The van der Waals surface area contributed by atoms with E-state index in [1.807, 2.05) is 61.5 Å². The third-order valence-electron chi connectivity index (χ3n) is 7.93. The molecule has 9 nitrogen and oxygen atoms in total. The molecule has 1 aliphatic heterocycles. The van der Waals surface area contributed by atoms with Crippen LogP contribution in [-0.2, 0) is 4.79 Å². The van der Waals surface area contributed by atoms with Crippen LogP contribution in [0.1, 0.15) is 35.3 Å². The molecular formula is C34H36FN5O4. The van der Waals surface area contributed by atoms with Gasteiger partial charge in [0.2, 0.25) is 5.91 Å². The molecule has 0 N–H and O–H groups in total. The summed E-state index contributed by atoms with van der Waals surface area (Å²) in [6, 6.07) is 24.2. The van der Waals surface area contributed by atoms with Crippen molar-refractivity contribution in [3.8, 4) is 22.8 Å². The third kappa shape index (κ3) is 6.80. The maximum Gasteiger partial charge on any atom is 0.257 e. The van der Waals surface area contributed by atoms with Gasteiger partial charge in [0.05, 0.1) is 31.5 Å². The van der Waals surface area contributed by atoms with Crippen LogP contribution in [0.15, 0.2) is 84.9 Å². The lowest BCUT2D eigenvalue weighted by atomic mass is 10.0. The number of carbonyl (C=O) groups is 2. The summed E-state index contributed by atoms with van der Waals surface area (Å²) in [6.45, 7) is 3.93. The largest absolute Gasteiger partial charge is 0.497 e. The van der Waals surface area contributed by atoms with E-state index in [0.29, 0.717) is 49.2 Å². The lowest BCUT2D eigenvalue weighted by Crippen LogP contribution is -2.45. The number of ether oxygens (including phenoxy) is 2. The van der Waals surface area contributed by atoms with E-state index in [-0.39, 0.29) is 18.0 Å². The molecule has 5 rings (SSSR count). The molecule has 1 aliphatic rings. The summed E-state index contributed by atoms with van der Waals surface area (Å²) in [6.07, 6.45) is 0.719. The number of aromatic nitrogens is 2. The smallest absolute Gasteiger partial charge is 0.257 e. The number of methoxy groups -OCH3 is 2. The van der Waals surface area contributed by atoms with Gasteiger partial charge in [0.25, 0.3) is 5.91 Å². The normalized spacial score (nSPS) is 14.0. The Morgan fingerprint density at radius 3 is 2.36 bits per heavy atom. The minimum Gasteiger partial charge on any atom is -0.497 e. The summed E-state index contributed by atoms with van der Waals surface area (Å²) in [5.74, 6) is 0.718. The number of hydrogen-bond acceptors (Lipinski definition) is 7. The van der Waals surface area contributed by atoms with E-state index in [2.05, 4.69) is 15.1 Å². The maximum atomic E-state index is 14.6. The predicted octanol–water partition coefficient (Wildman–Crippen LogP) is 5.24. The first-order valence-electron chi connectivity index (χ1n) is 14.6. The number of rotatable bonds is 9. The van der Waals surface area contributed by atoms with E-state index < -0.39 is 17.8 Å². The second-order valence-electron chi connectivity index (χ2n) is 10.6. The van der Waals surface area contributed by atoms with E-state index >= 15 is 0 Å². The molecule has 1 atom stereocenters. The fourth-order valence-corrected chi connectivity index (χ4v) is 5.37. The van der Waals surface area contributed by atoms with Crippen LogP contribution in [0.2, 0.25) is 0 Å². The highest BCUT2D eigenvalue weighted by atomic mass is 19.1. The first-order chi connectivity index (χ1) is 21.4. The molecule has 44 heavy (non-hydrogen) atoms. The van der Waals surface area contributed by atoms with Crippen LogP contribution in [0.5, 0.6) is 11.5 Å². The fraction of sp³-hybridized carbons (Fsp3) is 0.294. The van der Waals surface area contributed by atoms with Gasteiger partial charge in [0.15, 0.2) is 5.82 Å². The van der Waals surface area contributed by atoms with E-state index in [1.54, 1.807) is 37.3 Å². The third-order valence-corrected chi connectivity index (χ3v) is 7.93. The quantitative estimate of drug-likeness (QED) is 0.261. The SMILES string of the molecule is COc1ccc(-c2ccc(N3CCCN(C(=O)CN(C(=O)c4ccccc4F)[C@H](C)c4ccccc4)CC3)nn2)c(OC)c1. The highest BCUT2D eigenvalue weighted by Gasteiger charge is 2.29. The average molecular weight is 598 g/mol. The number of benzene rings is 3. The summed E-state index contributed by atoms with van der Waals surface area (Å²) in [5, 5.41) is 8.92. The molecule has 3 aromatic carbocycles. The topological polar surface area (TPSA) is 88.1 Å². The van der Waals surface area contributed by atoms with E-state index in [9.17, 15) is 14.0 Å². The van der Waals surface area contributed by atoms with Crippen LogP contribution in [0.4, 0.5) is 10.2 Å². The summed E-state index contributed by atoms with van der Waals surface area (Å²) < 4.78 is 25.4. The zero-order chi connectivity index (χ0) is 31.1. The van der Waals surface area contributed by atoms with Crippen molar-refractivity contribution in [2.24, 2.45) is 0 Å². The summed E-state index contributed by atoms with van der Waals surface area (Å²) in [7, 11) is 3.20. The van der Waals surface area contributed by atoms with Crippen molar-refractivity contribution >= 4 is 17.6 Å². The van der Waals surface area contributed by atoms with Crippen molar-refractivity contribution in [2.45, 2.75) is 19.4 Å². The Labute approximate surface area is 256 Å². The highest BCUT2D eigenvalue weighted by molar-refractivity contribution is 5.97. The van der Waals surface area contributed by atoms with Gasteiger partial charge in [-0.05, 0) is 55.3 Å². The minimum atomic E-state index is -0.613. The second-order valence-corrected chi connectivity index (χ2v) is 10.6. The number of nitrogens with zero attached hydrogens (tertiary/aromatic N) is 5. The Kier molecular flexibility index (Phi) is 9.69. The Bertz CT molecular complexity index is 1580.